The number of carbonyl (C=O) groups excluding carboxylic acids is 2. The minimum absolute atomic E-state index is 0.0216. The lowest BCUT2D eigenvalue weighted by Gasteiger charge is -2.13. The largest absolute Gasteiger partial charge is 0.444 e. The smallest absolute Gasteiger partial charge is 0.408 e. The Hall–Kier alpha value is -1.06. The lowest BCUT2D eigenvalue weighted by atomic mass is 9.99. The molecule has 2 unspecified atom stereocenters. The molecule has 0 aromatic heterocycles. The van der Waals surface area contributed by atoms with E-state index < -0.39 is 12.1 Å². The number of ketones is 1. The molecule has 0 aliphatic carbocycles. The molecule has 1 heterocycles. The molecule has 12 heavy (non-hydrogen) atoms. The number of rotatable bonds is 2. The lowest BCUT2D eigenvalue weighted by molar-refractivity contribution is -0.124. The highest BCUT2D eigenvalue weighted by molar-refractivity contribution is 5.91. The zero-order valence-electron chi connectivity index (χ0n) is 7.46. The highest BCUT2D eigenvalue weighted by Crippen LogP contribution is 2.12. The molecule has 1 fully saturated rings. The molecule has 1 aliphatic rings. The number of carbonyl (C=O) groups is 2. The third kappa shape index (κ3) is 1.57. The quantitative estimate of drug-likeness (QED) is 0.665. The van der Waals surface area contributed by atoms with E-state index in [0.717, 1.165) is 0 Å². The van der Waals surface area contributed by atoms with Gasteiger partial charge in [-0.2, -0.15) is 0 Å². The van der Waals surface area contributed by atoms with Gasteiger partial charge in [-0.25, -0.2) is 4.79 Å². The van der Waals surface area contributed by atoms with Crippen molar-refractivity contribution >= 4 is 11.9 Å². The predicted molar refractivity (Wildman–Crippen MR) is 42.7 cm³/mol. The number of amides is 1. The van der Waals surface area contributed by atoms with Gasteiger partial charge in [0.2, 0.25) is 0 Å². The fourth-order valence-electron chi connectivity index (χ4n) is 1.18. The monoisotopic (exact) mass is 171 g/mol. The van der Waals surface area contributed by atoms with Gasteiger partial charge in [-0.1, -0.05) is 13.8 Å². The predicted octanol–water partition coefficient (Wildman–Crippen LogP) is 0.708. The molecule has 0 bridgehead atoms. The van der Waals surface area contributed by atoms with Crippen molar-refractivity contribution in [3.05, 3.63) is 0 Å². The Labute approximate surface area is 71.3 Å². The molecule has 4 heteroatoms. The Balaban J connectivity index is 2.64. The second-order valence-electron chi connectivity index (χ2n) is 3.29. The van der Waals surface area contributed by atoms with Gasteiger partial charge in [0.15, 0.2) is 5.78 Å². The maximum absolute atomic E-state index is 11.4. The van der Waals surface area contributed by atoms with Gasteiger partial charge >= 0.3 is 6.09 Å². The van der Waals surface area contributed by atoms with Crippen molar-refractivity contribution in [2.75, 3.05) is 0 Å². The van der Waals surface area contributed by atoms with Crippen molar-refractivity contribution in [3.63, 3.8) is 0 Å². The van der Waals surface area contributed by atoms with Gasteiger partial charge in [0.1, 0.15) is 12.1 Å². The summed E-state index contributed by atoms with van der Waals surface area (Å²) in [6.07, 6.45) is -0.839. The van der Waals surface area contributed by atoms with Gasteiger partial charge in [-0.05, 0) is 6.92 Å². The molecule has 0 aromatic rings. The summed E-state index contributed by atoms with van der Waals surface area (Å²) in [6.45, 7) is 5.32. The van der Waals surface area contributed by atoms with Crippen molar-refractivity contribution in [2.24, 2.45) is 5.92 Å². The second kappa shape index (κ2) is 3.13. The van der Waals surface area contributed by atoms with Gasteiger partial charge in [0.25, 0.3) is 0 Å². The number of nitrogens with one attached hydrogen (secondary N) is 1. The topological polar surface area (TPSA) is 55.4 Å². The average molecular weight is 171 g/mol. The Morgan fingerprint density at radius 1 is 1.58 bits per heavy atom. The first-order valence-electron chi connectivity index (χ1n) is 4.03. The highest BCUT2D eigenvalue weighted by Gasteiger charge is 2.36. The first kappa shape index (κ1) is 9.03. The van der Waals surface area contributed by atoms with Crippen LogP contribution in [0.3, 0.4) is 0 Å². The maximum atomic E-state index is 11.4. The van der Waals surface area contributed by atoms with Crippen LogP contribution in [0.25, 0.3) is 0 Å². The number of alkyl carbamates (subject to hydrolysis) is 1. The number of cyclic esters (lactones) is 1. The van der Waals surface area contributed by atoms with Gasteiger partial charge in [-0.15, -0.1) is 0 Å². The molecule has 1 aliphatic heterocycles. The summed E-state index contributed by atoms with van der Waals surface area (Å²) >= 11 is 0. The molecule has 1 N–H and O–H groups in total. The van der Waals surface area contributed by atoms with Crippen LogP contribution in [0.5, 0.6) is 0 Å². The summed E-state index contributed by atoms with van der Waals surface area (Å²) in [7, 11) is 0. The molecule has 0 aromatic carbocycles. The van der Waals surface area contributed by atoms with Crippen molar-refractivity contribution in [1.82, 2.24) is 5.32 Å². The molecular formula is C8H13NO3. The SMILES string of the molecule is CC(C)C(=O)C1NC(=O)OC1C. The molecule has 1 saturated heterocycles. The fourth-order valence-corrected chi connectivity index (χ4v) is 1.18. The van der Waals surface area contributed by atoms with Gasteiger partial charge in [-0.3, -0.25) is 4.79 Å². The third-order valence-corrected chi connectivity index (χ3v) is 1.91. The third-order valence-electron chi connectivity index (χ3n) is 1.91. The summed E-state index contributed by atoms with van der Waals surface area (Å²) in [6, 6.07) is -0.461. The van der Waals surface area contributed by atoms with E-state index in [0.29, 0.717) is 0 Å². The number of ether oxygens (including phenoxy) is 1. The minimum atomic E-state index is -0.499. The minimum Gasteiger partial charge on any atom is -0.444 e. The van der Waals surface area contributed by atoms with E-state index in [1.807, 2.05) is 0 Å². The van der Waals surface area contributed by atoms with Crippen molar-refractivity contribution in [2.45, 2.75) is 32.9 Å². The van der Waals surface area contributed by atoms with Crippen LogP contribution in [0.1, 0.15) is 20.8 Å². The molecule has 4 nitrogen and oxygen atoms in total. The molecular weight excluding hydrogens is 158 g/mol. The summed E-state index contributed by atoms with van der Waals surface area (Å²) in [5, 5.41) is 2.47. The van der Waals surface area contributed by atoms with Crippen molar-refractivity contribution < 1.29 is 14.3 Å². The molecule has 0 saturated carbocycles. The van der Waals surface area contributed by atoms with Crippen LogP contribution in [0.2, 0.25) is 0 Å². The van der Waals surface area contributed by atoms with Crippen LogP contribution in [0.4, 0.5) is 4.79 Å². The van der Waals surface area contributed by atoms with E-state index in [1.54, 1.807) is 20.8 Å². The standard InChI is InChI=1S/C8H13NO3/c1-4(2)7(10)6-5(3)12-8(11)9-6/h4-6H,1-3H3,(H,9,11). The Morgan fingerprint density at radius 2 is 2.17 bits per heavy atom. The summed E-state index contributed by atoms with van der Waals surface area (Å²) in [4.78, 5) is 22.1. The Bertz CT molecular complexity index is 212. The van der Waals surface area contributed by atoms with E-state index in [1.165, 1.54) is 0 Å². The van der Waals surface area contributed by atoms with Crippen molar-refractivity contribution in [3.8, 4) is 0 Å². The molecule has 0 spiro atoms. The maximum Gasteiger partial charge on any atom is 0.408 e. The zero-order valence-corrected chi connectivity index (χ0v) is 7.46. The molecule has 0 radical (unpaired) electrons. The van der Waals surface area contributed by atoms with Gasteiger partial charge in [0, 0.05) is 5.92 Å². The summed E-state index contributed by atoms with van der Waals surface area (Å²) in [5.41, 5.74) is 0. The molecule has 68 valence electrons. The zero-order chi connectivity index (χ0) is 9.30. The van der Waals surface area contributed by atoms with Crippen LogP contribution >= 0.6 is 0 Å². The fraction of sp³-hybridized carbons (Fsp3) is 0.750. The van der Waals surface area contributed by atoms with Gasteiger partial charge in [0.05, 0.1) is 0 Å². The lowest BCUT2D eigenvalue weighted by Crippen LogP contribution is -2.40. The number of hydrogen-bond acceptors (Lipinski definition) is 3. The first-order valence-corrected chi connectivity index (χ1v) is 4.03. The Morgan fingerprint density at radius 3 is 2.50 bits per heavy atom. The van der Waals surface area contributed by atoms with Crippen LogP contribution in [-0.2, 0) is 9.53 Å². The molecule has 2 atom stereocenters. The van der Waals surface area contributed by atoms with Gasteiger partial charge < -0.3 is 10.1 Å². The normalized spacial score (nSPS) is 28.5. The Kier molecular flexibility index (Phi) is 2.35. The van der Waals surface area contributed by atoms with E-state index in [2.05, 4.69) is 5.32 Å². The molecule has 1 rings (SSSR count). The van der Waals surface area contributed by atoms with E-state index in [9.17, 15) is 9.59 Å². The van der Waals surface area contributed by atoms with Crippen molar-refractivity contribution in [1.29, 1.82) is 0 Å². The second-order valence-corrected chi connectivity index (χ2v) is 3.29. The number of hydrogen-bond donors (Lipinski definition) is 1. The van der Waals surface area contributed by atoms with Crippen LogP contribution in [0.15, 0.2) is 0 Å². The van der Waals surface area contributed by atoms with Crippen LogP contribution in [-0.4, -0.2) is 24.0 Å². The van der Waals surface area contributed by atoms with E-state index >= 15 is 0 Å². The van der Waals surface area contributed by atoms with E-state index in [4.69, 9.17) is 4.74 Å². The highest BCUT2D eigenvalue weighted by atomic mass is 16.6. The van der Waals surface area contributed by atoms with E-state index in [-0.39, 0.29) is 17.8 Å². The van der Waals surface area contributed by atoms with Crippen LogP contribution < -0.4 is 5.32 Å². The summed E-state index contributed by atoms with van der Waals surface area (Å²) < 4.78 is 4.77. The van der Waals surface area contributed by atoms with Crippen LogP contribution in [0, 0.1) is 5.92 Å². The summed E-state index contributed by atoms with van der Waals surface area (Å²) in [5.74, 6) is -0.0483. The molecule has 1 amide bonds. The average Bonchev–Trinajstić information content (AvgIpc) is 2.28. The number of Topliss-reactive ketones (excluding diaryl/α,β-unsaturated/α-hetero) is 1. The first-order chi connectivity index (χ1) is 5.52.